The van der Waals surface area contributed by atoms with Gasteiger partial charge < -0.3 is 15.5 Å². The average molecular weight is 360 g/mol. The summed E-state index contributed by atoms with van der Waals surface area (Å²) in [5.41, 5.74) is 2.32. The van der Waals surface area contributed by atoms with Crippen LogP contribution in [0.2, 0.25) is 5.02 Å². The highest BCUT2D eigenvalue weighted by Crippen LogP contribution is 2.23. The zero-order chi connectivity index (χ0) is 18.4. The topological polar surface area (TPSA) is 61.4 Å². The van der Waals surface area contributed by atoms with Crippen LogP contribution in [-0.2, 0) is 0 Å². The van der Waals surface area contributed by atoms with Gasteiger partial charge in [-0.25, -0.2) is 0 Å². The van der Waals surface area contributed by atoms with Gasteiger partial charge in [0.1, 0.15) is 0 Å². The smallest absolute Gasteiger partial charge is 0.255 e. The molecule has 6 heteroatoms. The Morgan fingerprint density at radius 1 is 1.04 bits per heavy atom. The molecular weight excluding hydrogens is 338 g/mol. The van der Waals surface area contributed by atoms with Crippen molar-refractivity contribution < 1.29 is 9.59 Å². The van der Waals surface area contributed by atoms with Crippen LogP contribution in [0.4, 0.5) is 5.69 Å². The molecule has 2 aromatic rings. The van der Waals surface area contributed by atoms with Gasteiger partial charge >= 0.3 is 0 Å². The van der Waals surface area contributed by atoms with Crippen molar-refractivity contribution in [3.05, 3.63) is 64.2 Å². The zero-order valence-corrected chi connectivity index (χ0v) is 15.4. The Balaban J connectivity index is 2.08. The molecule has 0 saturated carbocycles. The molecule has 0 spiro atoms. The van der Waals surface area contributed by atoms with Crippen molar-refractivity contribution in [2.75, 3.05) is 32.5 Å². The van der Waals surface area contributed by atoms with E-state index >= 15 is 0 Å². The molecule has 0 unspecified atom stereocenters. The van der Waals surface area contributed by atoms with Crippen molar-refractivity contribution in [2.24, 2.45) is 0 Å². The van der Waals surface area contributed by atoms with E-state index in [-0.39, 0.29) is 11.8 Å². The van der Waals surface area contributed by atoms with E-state index in [4.69, 9.17) is 11.6 Å². The Labute approximate surface area is 153 Å². The molecule has 0 aromatic heterocycles. The minimum atomic E-state index is -0.284. The molecule has 0 aliphatic heterocycles. The van der Waals surface area contributed by atoms with Crippen molar-refractivity contribution in [3.8, 4) is 0 Å². The molecule has 0 saturated heterocycles. The summed E-state index contributed by atoms with van der Waals surface area (Å²) >= 11 is 6.07. The number of anilines is 1. The van der Waals surface area contributed by atoms with Crippen LogP contribution in [0.25, 0.3) is 0 Å². The number of hydrogen-bond acceptors (Lipinski definition) is 3. The predicted octanol–water partition coefficient (Wildman–Crippen LogP) is 3.19. The number of halogens is 1. The lowest BCUT2D eigenvalue weighted by molar-refractivity contribution is 0.0951. The van der Waals surface area contributed by atoms with Gasteiger partial charge in [0.05, 0.1) is 0 Å². The minimum absolute atomic E-state index is 0.199. The van der Waals surface area contributed by atoms with Gasteiger partial charge in [0.25, 0.3) is 11.8 Å². The molecule has 0 fully saturated rings. The summed E-state index contributed by atoms with van der Waals surface area (Å²) in [6, 6.07) is 12.0. The third kappa shape index (κ3) is 5.31. The highest BCUT2D eigenvalue weighted by molar-refractivity contribution is 6.31. The van der Waals surface area contributed by atoms with E-state index in [1.54, 1.807) is 42.5 Å². The molecule has 0 radical (unpaired) electrons. The van der Waals surface area contributed by atoms with Crippen LogP contribution >= 0.6 is 11.6 Å². The second kappa shape index (κ2) is 8.65. The Kier molecular flexibility index (Phi) is 6.56. The Hall–Kier alpha value is -2.37. The average Bonchev–Trinajstić information content (AvgIpc) is 2.58. The van der Waals surface area contributed by atoms with E-state index in [0.717, 1.165) is 12.1 Å². The third-order valence-electron chi connectivity index (χ3n) is 3.75. The molecule has 2 amide bonds. The fourth-order valence-electron chi connectivity index (χ4n) is 2.23. The quantitative estimate of drug-likeness (QED) is 0.832. The van der Waals surface area contributed by atoms with Gasteiger partial charge in [-0.15, -0.1) is 0 Å². The largest absolute Gasteiger partial charge is 0.351 e. The lowest BCUT2D eigenvalue weighted by atomic mass is 10.1. The summed E-state index contributed by atoms with van der Waals surface area (Å²) in [6.07, 6.45) is 0. The van der Waals surface area contributed by atoms with Crippen LogP contribution in [0.5, 0.6) is 0 Å². The summed E-state index contributed by atoms with van der Waals surface area (Å²) in [5.74, 6) is -0.483. The molecule has 2 aromatic carbocycles. The summed E-state index contributed by atoms with van der Waals surface area (Å²) in [5, 5.41) is 6.25. The molecule has 132 valence electrons. The zero-order valence-electron chi connectivity index (χ0n) is 14.6. The minimum Gasteiger partial charge on any atom is -0.351 e. The molecule has 25 heavy (non-hydrogen) atoms. The first-order valence-corrected chi connectivity index (χ1v) is 8.35. The monoisotopic (exact) mass is 359 g/mol. The maximum atomic E-state index is 12.5. The maximum absolute atomic E-state index is 12.5. The van der Waals surface area contributed by atoms with E-state index in [1.807, 2.05) is 25.9 Å². The Morgan fingerprint density at radius 2 is 1.68 bits per heavy atom. The van der Waals surface area contributed by atoms with Gasteiger partial charge in [-0.2, -0.15) is 0 Å². The third-order valence-corrected chi connectivity index (χ3v) is 4.16. The SMILES string of the molecule is Cc1c(Cl)cccc1NC(=O)c1cccc(C(=O)NCCN(C)C)c1. The molecule has 0 atom stereocenters. The number of likely N-dealkylation sites (N-methyl/N-ethyl adjacent to an activating group) is 1. The molecule has 2 rings (SSSR count). The van der Waals surface area contributed by atoms with E-state index in [0.29, 0.717) is 28.4 Å². The lowest BCUT2D eigenvalue weighted by Crippen LogP contribution is -2.31. The first-order valence-electron chi connectivity index (χ1n) is 7.98. The molecule has 5 nitrogen and oxygen atoms in total. The van der Waals surface area contributed by atoms with E-state index in [9.17, 15) is 9.59 Å². The van der Waals surface area contributed by atoms with E-state index in [1.165, 1.54) is 0 Å². The summed E-state index contributed by atoms with van der Waals surface area (Å²) in [4.78, 5) is 26.6. The van der Waals surface area contributed by atoms with Gasteiger partial charge in [0, 0.05) is 34.9 Å². The van der Waals surface area contributed by atoms with Gasteiger partial charge in [-0.1, -0.05) is 23.7 Å². The van der Waals surface area contributed by atoms with Crippen molar-refractivity contribution in [1.29, 1.82) is 0 Å². The highest BCUT2D eigenvalue weighted by Gasteiger charge is 2.12. The van der Waals surface area contributed by atoms with Gasteiger partial charge in [0.2, 0.25) is 0 Å². The molecule has 0 aliphatic rings. The van der Waals surface area contributed by atoms with Gasteiger partial charge in [-0.3, -0.25) is 9.59 Å². The van der Waals surface area contributed by atoms with Crippen molar-refractivity contribution in [3.63, 3.8) is 0 Å². The number of benzene rings is 2. The van der Waals surface area contributed by atoms with Crippen molar-refractivity contribution in [2.45, 2.75) is 6.92 Å². The second-order valence-corrected chi connectivity index (χ2v) is 6.41. The first kappa shape index (κ1) is 19.0. The molecule has 0 heterocycles. The molecule has 0 bridgehead atoms. The van der Waals surface area contributed by atoms with Crippen LogP contribution in [0, 0.1) is 6.92 Å². The van der Waals surface area contributed by atoms with Crippen LogP contribution in [-0.4, -0.2) is 43.9 Å². The fourth-order valence-corrected chi connectivity index (χ4v) is 2.41. The Morgan fingerprint density at radius 3 is 2.36 bits per heavy atom. The number of nitrogens with zero attached hydrogens (tertiary/aromatic N) is 1. The highest BCUT2D eigenvalue weighted by atomic mass is 35.5. The number of carbonyl (C=O) groups excluding carboxylic acids is 2. The van der Waals surface area contributed by atoms with Crippen LogP contribution in [0.3, 0.4) is 0 Å². The Bertz CT molecular complexity index is 775. The number of hydrogen-bond donors (Lipinski definition) is 2. The second-order valence-electron chi connectivity index (χ2n) is 6.01. The van der Waals surface area contributed by atoms with Crippen LogP contribution in [0.1, 0.15) is 26.3 Å². The standard InChI is InChI=1S/C19H22ClN3O2/c1-13-16(20)8-5-9-17(13)22-19(25)15-7-4-6-14(12-15)18(24)21-10-11-23(2)3/h4-9,12H,10-11H2,1-3H3,(H,21,24)(H,22,25). The lowest BCUT2D eigenvalue weighted by Gasteiger charge is -2.12. The normalized spacial score (nSPS) is 10.6. The maximum Gasteiger partial charge on any atom is 0.255 e. The van der Waals surface area contributed by atoms with Crippen molar-refractivity contribution >= 4 is 29.1 Å². The molecular formula is C19H22ClN3O2. The van der Waals surface area contributed by atoms with Gasteiger partial charge in [-0.05, 0) is 56.9 Å². The van der Waals surface area contributed by atoms with Crippen LogP contribution < -0.4 is 10.6 Å². The predicted molar refractivity (Wildman–Crippen MR) is 101 cm³/mol. The van der Waals surface area contributed by atoms with Gasteiger partial charge in [0.15, 0.2) is 0 Å². The number of nitrogens with one attached hydrogen (secondary N) is 2. The van der Waals surface area contributed by atoms with Crippen LogP contribution in [0.15, 0.2) is 42.5 Å². The first-order chi connectivity index (χ1) is 11.9. The summed E-state index contributed by atoms with van der Waals surface area (Å²) in [6.45, 7) is 3.14. The molecule has 2 N–H and O–H groups in total. The van der Waals surface area contributed by atoms with E-state index < -0.39 is 0 Å². The molecule has 0 aliphatic carbocycles. The van der Waals surface area contributed by atoms with Crippen molar-refractivity contribution in [1.82, 2.24) is 10.2 Å². The number of amides is 2. The fraction of sp³-hybridized carbons (Fsp3) is 0.263. The number of rotatable bonds is 6. The number of carbonyl (C=O) groups is 2. The van der Waals surface area contributed by atoms with E-state index in [2.05, 4.69) is 10.6 Å². The summed E-state index contributed by atoms with van der Waals surface area (Å²) in [7, 11) is 3.88. The summed E-state index contributed by atoms with van der Waals surface area (Å²) < 4.78 is 0.